The number of carbonyl (C=O) groups is 1. The third-order valence-corrected chi connectivity index (χ3v) is 3.15. The topological polar surface area (TPSA) is 97.5 Å². The molecule has 1 aromatic rings. The molecule has 0 aliphatic rings. The zero-order valence-electron chi connectivity index (χ0n) is 10.2. The zero-order valence-corrected chi connectivity index (χ0v) is 11.0. The maximum atomic E-state index is 10.5. The van der Waals surface area contributed by atoms with Crippen LogP contribution in [0.2, 0.25) is 0 Å². The largest absolute Gasteiger partial charge is 0.481 e. The second kappa shape index (κ2) is 8.06. The van der Waals surface area contributed by atoms with Crippen LogP contribution in [0.25, 0.3) is 0 Å². The summed E-state index contributed by atoms with van der Waals surface area (Å²) in [5.41, 5.74) is 0. The minimum Gasteiger partial charge on any atom is -0.481 e. The highest BCUT2D eigenvalue weighted by atomic mass is 32.2. The predicted molar refractivity (Wildman–Crippen MR) is 65.7 cm³/mol. The van der Waals surface area contributed by atoms with Gasteiger partial charge in [-0.1, -0.05) is 11.8 Å². The number of methoxy groups -OCH3 is 1. The van der Waals surface area contributed by atoms with E-state index in [0.717, 1.165) is 17.6 Å². The molecule has 1 heterocycles. The van der Waals surface area contributed by atoms with Crippen LogP contribution in [0.3, 0.4) is 0 Å². The van der Waals surface area contributed by atoms with Gasteiger partial charge in [-0.25, -0.2) is 0 Å². The zero-order chi connectivity index (χ0) is 13.4. The van der Waals surface area contributed by atoms with Gasteiger partial charge in [-0.3, -0.25) is 4.79 Å². The van der Waals surface area contributed by atoms with E-state index in [2.05, 4.69) is 10.2 Å². The van der Waals surface area contributed by atoms with Crippen molar-refractivity contribution in [1.82, 2.24) is 14.8 Å². The Kier molecular flexibility index (Phi) is 6.69. The molecular formula is C10H17N3O4S. The van der Waals surface area contributed by atoms with Gasteiger partial charge in [-0.15, -0.1) is 10.2 Å². The predicted octanol–water partition coefficient (Wildman–Crippen LogP) is 0.0261. The summed E-state index contributed by atoms with van der Waals surface area (Å²) >= 11 is 1.13. The third kappa shape index (κ3) is 4.63. The first-order chi connectivity index (χ1) is 8.69. The smallest absolute Gasteiger partial charge is 0.313 e. The van der Waals surface area contributed by atoms with Crippen LogP contribution in [0.1, 0.15) is 12.2 Å². The first kappa shape index (κ1) is 14.9. The van der Waals surface area contributed by atoms with Gasteiger partial charge in [0.25, 0.3) is 0 Å². The summed E-state index contributed by atoms with van der Waals surface area (Å²) in [6, 6.07) is 0. The van der Waals surface area contributed by atoms with Crippen LogP contribution in [0, 0.1) is 0 Å². The monoisotopic (exact) mass is 275 g/mol. The molecule has 102 valence electrons. The summed E-state index contributed by atoms with van der Waals surface area (Å²) in [5, 5.41) is 26.0. The van der Waals surface area contributed by atoms with Gasteiger partial charge >= 0.3 is 5.97 Å². The molecule has 0 amide bonds. The fraction of sp³-hybridized carbons (Fsp3) is 0.700. The van der Waals surface area contributed by atoms with Gasteiger partial charge < -0.3 is 19.5 Å². The van der Waals surface area contributed by atoms with Crippen molar-refractivity contribution < 1.29 is 19.7 Å². The summed E-state index contributed by atoms with van der Waals surface area (Å²) in [6.45, 7) is 1.17. The molecule has 0 spiro atoms. The molecule has 0 saturated carbocycles. The van der Waals surface area contributed by atoms with Crippen molar-refractivity contribution in [2.24, 2.45) is 0 Å². The summed E-state index contributed by atoms with van der Waals surface area (Å²) in [5.74, 6) is -0.197. The average molecular weight is 275 g/mol. The summed E-state index contributed by atoms with van der Waals surface area (Å²) < 4.78 is 6.84. The van der Waals surface area contributed by atoms with Gasteiger partial charge in [-0.2, -0.15) is 0 Å². The molecule has 18 heavy (non-hydrogen) atoms. The summed E-state index contributed by atoms with van der Waals surface area (Å²) in [6.07, 6.45) is 1.22. The van der Waals surface area contributed by atoms with E-state index in [-0.39, 0.29) is 12.4 Å². The standard InChI is InChI=1S/C10H17N3O4S/c1-17-6-4-13-8(3-2-5-14)11-12-10(13)18-7-9(15)16/h14H,2-7H2,1H3,(H,15,16). The molecule has 0 aromatic carbocycles. The van der Waals surface area contributed by atoms with Gasteiger partial charge in [0.2, 0.25) is 0 Å². The average Bonchev–Trinajstić information content (AvgIpc) is 2.73. The Morgan fingerprint density at radius 1 is 1.50 bits per heavy atom. The molecule has 1 rings (SSSR count). The van der Waals surface area contributed by atoms with Crippen LogP contribution in [-0.4, -0.2) is 57.0 Å². The molecule has 0 aliphatic heterocycles. The minimum atomic E-state index is -0.891. The van der Waals surface area contributed by atoms with E-state index in [9.17, 15) is 4.79 Å². The molecule has 0 radical (unpaired) electrons. The molecule has 0 saturated heterocycles. The van der Waals surface area contributed by atoms with Crippen LogP contribution in [0.15, 0.2) is 5.16 Å². The van der Waals surface area contributed by atoms with Crippen molar-refractivity contribution in [3.63, 3.8) is 0 Å². The highest BCUT2D eigenvalue weighted by molar-refractivity contribution is 7.99. The fourth-order valence-corrected chi connectivity index (χ4v) is 2.08. The molecule has 1 aromatic heterocycles. The molecule has 0 atom stereocenters. The Bertz CT molecular complexity index is 383. The number of hydrogen-bond donors (Lipinski definition) is 2. The lowest BCUT2D eigenvalue weighted by molar-refractivity contribution is -0.133. The van der Waals surface area contributed by atoms with Gasteiger partial charge in [0.15, 0.2) is 5.16 Å². The number of rotatable bonds is 9. The summed E-state index contributed by atoms with van der Waals surface area (Å²) in [7, 11) is 1.60. The van der Waals surface area contributed by atoms with E-state index in [4.69, 9.17) is 14.9 Å². The lowest BCUT2D eigenvalue weighted by atomic mass is 10.3. The first-order valence-corrected chi connectivity index (χ1v) is 6.54. The van der Waals surface area contributed by atoms with E-state index in [0.29, 0.717) is 31.1 Å². The van der Waals surface area contributed by atoms with Gasteiger partial charge in [0.1, 0.15) is 5.82 Å². The molecule has 0 fully saturated rings. The van der Waals surface area contributed by atoms with E-state index in [1.54, 1.807) is 7.11 Å². The maximum absolute atomic E-state index is 10.5. The Balaban J connectivity index is 2.74. The third-order valence-electron chi connectivity index (χ3n) is 2.20. The number of aliphatic hydroxyl groups is 1. The maximum Gasteiger partial charge on any atom is 0.313 e. The van der Waals surface area contributed by atoms with Gasteiger partial charge in [0, 0.05) is 26.7 Å². The van der Waals surface area contributed by atoms with Crippen LogP contribution in [0.5, 0.6) is 0 Å². The van der Waals surface area contributed by atoms with Crippen LogP contribution < -0.4 is 0 Å². The number of aromatic nitrogens is 3. The van der Waals surface area contributed by atoms with Gasteiger partial charge in [0.05, 0.1) is 12.4 Å². The molecule has 0 bridgehead atoms. The Labute approximate surface area is 109 Å². The van der Waals surface area contributed by atoms with Crippen molar-refractivity contribution in [3.8, 4) is 0 Å². The Morgan fingerprint density at radius 3 is 2.89 bits per heavy atom. The molecule has 8 heteroatoms. The van der Waals surface area contributed by atoms with Crippen molar-refractivity contribution >= 4 is 17.7 Å². The van der Waals surface area contributed by atoms with Gasteiger partial charge in [-0.05, 0) is 6.42 Å². The molecular weight excluding hydrogens is 258 g/mol. The van der Waals surface area contributed by atoms with Crippen molar-refractivity contribution in [2.45, 2.75) is 24.5 Å². The quantitative estimate of drug-likeness (QED) is 0.613. The molecule has 0 unspecified atom stereocenters. The number of thioether (sulfide) groups is 1. The second-order valence-electron chi connectivity index (χ2n) is 3.55. The number of nitrogens with zero attached hydrogens (tertiary/aromatic N) is 3. The van der Waals surface area contributed by atoms with E-state index in [1.807, 2.05) is 4.57 Å². The van der Waals surface area contributed by atoms with Crippen LogP contribution >= 0.6 is 11.8 Å². The number of carboxylic acid groups (broad SMARTS) is 1. The molecule has 7 nitrogen and oxygen atoms in total. The van der Waals surface area contributed by atoms with Crippen molar-refractivity contribution in [2.75, 3.05) is 26.1 Å². The van der Waals surface area contributed by atoms with Crippen LogP contribution in [0.4, 0.5) is 0 Å². The number of carboxylic acids is 1. The Morgan fingerprint density at radius 2 is 2.28 bits per heavy atom. The number of aryl methyl sites for hydroxylation is 1. The van der Waals surface area contributed by atoms with E-state index < -0.39 is 5.97 Å². The Hall–Kier alpha value is -1.12. The first-order valence-electron chi connectivity index (χ1n) is 5.55. The highest BCUT2D eigenvalue weighted by Crippen LogP contribution is 2.17. The number of ether oxygens (including phenoxy) is 1. The summed E-state index contributed by atoms with van der Waals surface area (Å²) in [4.78, 5) is 10.5. The number of aliphatic hydroxyl groups excluding tert-OH is 1. The number of hydrogen-bond acceptors (Lipinski definition) is 6. The molecule has 0 aliphatic carbocycles. The van der Waals surface area contributed by atoms with E-state index in [1.165, 1.54) is 0 Å². The molecule has 2 N–H and O–H groups in total. The van der Waals surface area contributed by atoms with Crippen molar-refractivity contribution in [1.29, 1.82) is 0 Å². The SMILES string of the molecule is COCCn1c(CCCO)nnc1SCC(=O)O. The minimum absolute atomic E-state index is 0.0505. The van der Waals surface area contributed by atoms with Crippen molar-refractivity contribution in [3.05, 3.63) is 5.82 Å². The lowest BCUT2D eigenvalue weighted by Crippen LogP contribution is -2.11. The van der Waals surface area contributed by atoms with E-state index >= 15 is 0 Å². The highest BCUT2D eigenvalue weighted by Gasteiger charge is 2.13. The normalized spacial score (nSPS) is 10.8. The lowest BCUT2D eigenvalue weighted by Gasteiger charge is -2.08. The fourth-order valence-electron chi connectivity index (χ4n) is 1.38. The number of aliphatic carboxylic acids is 1. The van der Waals surface area contributed by atoms with Crippen LogP contribution in [-0.2, 0) is 22.5 Å². The second-order valence-corrected chi connectivity index (χ2v) is 4.50.